The molecule has 1 fully saturated rings. The van der Waals surface area contributed by atoms with Crippen LogP contribution in [-0.4, -0.2) is 39.3 Å². The van der Waals surface area contributed by atoms with Crippen LogP contribution in [0.2, 0.25) is 0 Å². The molecule has 1 aromatic heterocycles. The van der Waals surface area contributed by atoms with E-state index in [1.807, 2.05) is 24.0 Å². The molecule has 1 aliphatic heterocycles. The van der Waals surface area contributed by atoms with E-state index >= 15 is 0 Å². The number of aryl methyl sites for hydroxylation is 1. The summed E-state index contributed by atoms with van der Waals surface area (Å²) in [5.41, 5.74) is 2.21. The molecule has 1 amide bonds. The molecule has 2 aromatic rings. The first kappa shape index (κ1) is 17.2. The van der Waals surface area contributed by atoms with Crippen LogP contribution in [0.15, 0.2) is 28.6 Å². The highest BCUT2D eigenvalue weighted by Gasteiger charge is 2.24. The van der Waals surface area contributed by atoms with Gasteiger partial charge in [0.25, 0.3) is 0 Å². The molecule has 2 heterocycles. The van der Waals surface area contributed by atoms with Crippen molar-refractivity contribution in [3.63, 3.8) is 0 Å². The molecular formula is C17H22N4OS2. The zero-order valence-electron chi connectivity index (χ0n) is 14.0. The Kier molecular flexibility index (Phi) is 5.73. The molecule has 7 heteroatoms. The van der Waals surface area contributed by atoms with Crippen LogP contribution in [0.3, 0.4) is 0 Å². The van der Waals surface area contributed by atoms with Crippen LogP contribution in [0.4, 0.5) is 10.8 Å². The van der Waals surface area contributed by atoms with Gasteiger partial charge in [-0.3, -0.25) is 4.79 Å². The number of amides is 1. The van der Waals surface area contributed by atoms with E-state index in [0.717, 1.165) is 41.1 Å². The van der Waals surface area contributed by atoms with Crippen LogP contribution >= 0.6 is 23.1 Å². The average Bonchev–Trinajstić information content (AvgIpc) is 3.04. The molecule has 3 rings (SSSR count). The summed E-state index contributed by atoms with van der Waals surface area (Å²) in [4.78, 5) is 14.5. The number of nitrogens with zero attached hydrogens (tertiary/aromatic N) is 3. The van der Waals surface area contributed by atoms with E-state index < -0.39 is 0 Å². The van der Waals surface area contributed by atoms with Gasteiger partial charge in [0.05, 0.1) is 5.25 Å². The van der Waals surface area contributed by atoms with E-state index in [9.17, 15) is 4.79 Å². The molecule has 1 saturated heterocycles. The van der Waals surface area contributed by atoms with Gasteiger partial charge in [0.15, 0.2) is 4.34 Å². The van der Waals surface area contributed by atoms with E-state index in [2.05, 4.69) is 34.6 Å². The van der Waals surface area contributed by atoms with Gasteiger partial charge in [-0.1, -0.05) is 40.8 Å². The summed E-state index contributed by atoms with van der Waals surface area (Å²) >= 11 is 2.98. The molecule has 1 atom stereocenters. The number of hydrogen-bond donors (Lipinski definition) is 1. The summed E-state index contributed by atoms with van der Waals surface area (Å²) in [6, 6.07) is 8.15. The van der Waals surface area contributed by atoms with Crippen molar-refractivity contribution in [1.82, 2.24) is 15.1 Å². The third-order valence-electron chi connectivity index (χ3n) is 4.00. The fraction of sp³-hybridized carbons (Fsp3) is 0.471. The molecule has 5 nitrogen and oxygen atoms in total. The number of rotatable bonds is 5. The minimum Gasteiger partial charge on any atom is -0.342 e. The quantitative estimate of drug-likeness (QED) is 0.812. The monoisotopic (exact) mass is 362 g/mol. The fourth-order valence-corrected chi connectivity index (χ4v) is 4.64. The lowest BCUT2D eigenvalue weighted by Gasteiger charge is -2.28. The largest absolute Gasteiger partial charge is 0.342 e. The lowest BCUT2D eigenvalue weighted by atomic mass is 10.1. The Labute approximate surface area is 150 Å². The molecule has 0 bridgehead atoms. The molecule has 1 N–H and O–H groups in total. The SMILES string of the molecule is Cc1ccc(Nc2nnc(SC(C)C(=O)N3CCCCC3)s2)cc1. The Morgan fingerprint density at radius 3 is 2.62 bits per heavy atom. The van der Waals surface area contributed by atoms with E-state index in [4.69, 9.17) is 0 Å². The Hall–Kier alpha value is -1.60. The summed E-state index contributed by atoms with van der Waals surface area (Å²) in [5, 5.41) is 12.2. The topological polar surface area (TPSA) is 58.1 Å². The van der Waals surface area contributed by atoms with Gasteiger partial charge in [-0.05, 0) is 45.2 Å². The number of likely N-dealkylation sites (tertiary alicyclic amines) is 1. The Morgan fingerprint density at radius 1 is 1.21 bits per heavy atom. The average molecular weight is 363 g/mol. The summed E-state index contributed by atoms with van der Waals surface area (Å²) < 4.78 is 0.822. The number of benzene rings is 1. The zero-order chi connectivity index (χ0) is 16.9. The first-order valence-electron chi connectivity index (χ1n) is 8.24. The van der Waals surface area contributed by atoms with E-state index in [0.29, 0.717) is 0 Å². The summed E-state index contributed by atoms with van der Waals surface area (Å²) in [6.07, 6.45) is 3.47. The van der Waals surface area contributed by atoms with Crippen LogP contribution in [0, 0.1) is 6.92 Å². The van der Waals surface area contributed by atoms with Crippen LogP contribution in [0.5, 0.6) is 0 Å². The standard InChI is InChI=1S/C17H22N4OS2/c1-12-6-8-14(9-7-12)18-16-19-20-17(24-16)23-13(2)15(22)21-10-4-3-5-11-21/h6-9,13H,3-5,10-11H2,1-2H3,(H,18,19). The Morgan fingerprint density at radius 2 is 1.92 bits per heavy atom. The van der Waals surface area contributed by atoms with Crippen molar-refractivity contribution in [2.24, 2.45) is 0 Å². The molecule has 1 unspecified atom stereocenters. The number of anilines is 2. The second-order valence-electron chi connectivity index (χ2n) is 6.01. The third kappa shape index (κ3) is 4.48. The minimum absolute atomic E-state index is 0.122. The van der Waals surface area contributed by atoms with Crippen molar-refractivity contribution >= 4 is 39.8 Å². The highest BCUT2D eigenvalue weighted by Crippen LogP contribution is 2.31. The van der Waals surface area contributed by atoms with Crippen molar-refractivity contribution in [2.75, 3.05) is 18.4 Å². The Balaban J connectivity index is 1.56. The third-order valence-corrected chi connectivity index (χ3v) is 6.01. The van der Waals surface area contributed by atoms with Gasteiger partial charge in [0.1, 0.15) is 0 Å². The Bertz CT molecular complexity index is 680. The second-order valence-corrected chi connectivity index (χ2v) is 8.58. The molecule has 1 aromatic carbocycles. The molecule has 0 saturated carbocycles. The lowest BCUT2D eigenvalue weighted by molar-refractivity contribution is -0.131. The lowest BCUT2D eigenvalue weighted by Crippen LogP contribution is -2.40. The number of piperidine rings is 1. The predicted octanol–water partition coefficient (Wildman–Crippen LogP) is 4.08. The van der Waals surface area contributed by atoms with Crippen molar-refractivity contribution in [2.45, 2.75) is 42.7 Å². The number of carbonyl (C=O) groups is 1. The summed E-state index contributed by atoms with van der Waals surface area (Å²) in [5.74, 6) is 0.211. The first-order valence-corrected chi connectivity index (χ1v) is 9.94. The number of hydrogen-bond acceptors (Lipinski definition) is 6. The summed E-state index contributed by atoms with van der Waals surface area (Å²) in [7, 11) is 0. The number of nitrogens with one attached hydrogen (secondary N) is 1. The van der Waals surface area contributed by atoms with E-state index in [1.54, 1.807) is 0 Å². The maximum absolute atomic E-state index is 12.5. The summed E-state index contributed by atoms with van der Waals surface area (Å²) in [6.45, 7) is 5.79. The fourth-order valence-electron chi connectivity index (χ4n) is 2.64. The van der Waals surface area contributed by atoms with Crippen LogP contribution in [0.25, 0.3) is 0 Å². The molecule has 1 aliphatic rings. The van der Waals surface area contributed by atoms with E-state index in [-0.39, 0.29) is 11.2 Å². The highest BCUT2D eigenvalue weighted by atomic mass is 32.2. The van der Waals surface area contributed by atoms with Gasteiger partial charge >= 0.3 is 0 Å². The first-order chi connectivity index (χ1) is 11.6. The minimum atomic E-state index is -0.122. The highest BCUT2D eigenvalue weighted by molar-refractivity contribution is 8.02. The van der Waals surface area contributed by atoms with Crippen LogP contribution in [0.1, 0.15) is 31.7 Å². The van der Waals surface area contributed by atoms with Crippen molar-refractivity contribution in [3.05, 3.63) is 29.8 Å². The smallest absolute Gasteiger partial charge is 0.235 e. The second kappa shape index (κ2) is 7.98. The molecule has 0 spiro atoms. The predicted molar refractivity (Wildman–Crippen MR) is 100 cm³/mol. The van der Waals surface area contributed by atoms with Gasteiger partial charge in [-0.25, -0.2) is 0 Å². The maximum Gasteiger partial charge on any atom is 0.235 e. The normalized spacial score (nSPS) is 16.0. The van der Waals surface area contributed by atoms with E-state index in [1.165, 1.54) is 35.1 Å². The molecule has 24 heavy (non-hydrogen) atoms. The maximum atomic E-state index is 12.5. The van der Waals surface area contributed by atoms with Gasteiger partial charge in [-0.15, -0.1) is 10.2 Å². The number of thioether (sulfide) groups is 1. The van der Waals surface area contributed by atoms with Gasteiger partial charge in [-0.2, -0.15) is 0 Å². The van der Waals surface area contributed by atoms with Crippen LogP contribution in [-0.2, 0) is 4.79 Å². The van der Waals surface area contributed by atoms with Crippen molar-refractivity contribution < 1.29 is 4.79 Å². The number of carbonyl (C=O) groups excluding carboxylic acids is 1. The van der Waals surface area contributed by atoms with Crippen molar-refractivity contribution in [3.8, 4) is 0 Å². The number of aromatic nitrogens is 2. The molecule has 0 aliphatic carbocycles. The van der Waals surface area contributed by atoms with Crippen LogP contribution < -0.4 is 5.32 Å². The van der Waals surface area contributed by atoms with Crippen molar-refractivity contribution in [1.29, 1.82) is 0 Å². The van der Waals surface area contributed by atoms with Gasteiger partial charge in [0, 0.05) is 18.8 Å². The zero-order valence-corrected chi connectivity index (χ0v) is 15.6. The van der Waals surface area contributed by atoms with Gasteiger partial charge in [0.2, 0.25) is 11.0 Å². The molecule has 128 valence electrons. The molecule has 0 radical (unpaired) electrons. The molecular weight excluding hydrogens is 340 g/mol. The van der Waals surface area contributed by atoms with Gasteiger partial charge < -0.3 is 10.2 Å².